The number of morpholine rings is 1. The van der Waals surface area contributed by atoms with Crippen molar-refractivity contribution in [2.45, 2.75) is 39.2 Å². The van der Waals surface area contributed by atoms with Crippen LogP contribution in [0.5, 0.6) is 5.88 Å². The monoisotopic (exact) mass is 390 g/mol. The van der Waals surface area contributed by atoms with Crippen molar-refractivity contribution < 1.29 is 19.1 Å². The summed E-state index contributed by atoms with van der Waals surface area (Å²) in [5, 5.41) is 2.70. The van der Waals surface area contributed by atoms with E-state index in [1.165, 1.54) is 12.8 Å². The molecule has 3 N–H and O–H groups in total. The van der Waals surface area contributed by atoms with Crippen LogP contribution in [0.4, 0.5) is 5.69 Å². The first kappa shape index (κ1) is 20.4. The second kappa shape index (κ2) is 9.23. The van der Waals surface area contributed by atoms with Gasteiger partial charge in [0.25, 0.3) is 5.91 Å². The van der Waals surface area contributed by atoms with Crippen molar-refractivity contribution in [3.05, 3.63) is 17.8 Å². The van der Waals surface area contributed by atoms with Gasteiger partial charge in [-0.3, -0.25) is 9.59 Å². The third-order valence-corrected chi connectivity index (χ3v) is 4.93. The van der Waals surface area contributed by atoms with Crippen molar-refractivity contribution in [3.63, 3.8) is 0 Å². The van der Waals surface area contributed by atoms with Crippen LogP contribution in [0.1, 0.15) is 43.6 Å². The third kappa shape index (κ3) is 5.58. The Kier molecular flexibility index (Phi) is 6.72. The first-order valence-corrected chi connectivity index (χ1v) is 10.0. The van der Waals surface area contributed by atoms with E-state index >= 15 is 0 Å². The van der Waals surface area contributed by atoms with Gasteiger partial charge in [-0.15, -0.1) is 0 Å². The number of hydrogen-bond donors (Lipinski definition) is 2. The molecule has 3 rings (SSSR count). The number of ether oxygens (including phenoxy) is 2. The molecule has 1 unspecified atom stereocenters. The van der Waals surface area contributed by atoms with E-state index in [1.807, 2.05) is 19.9 Å². The summed E-state index contributed by atoms with van der Waals surface area (Å²) in [7, 11) is 0. The van der Waals surface area contributed by atoms with Crippen LogP contribution in [-0.4, -0.2) is 55.8 Å². The summed E-state index contributed by atoms with van der Waals surface area (Å²) >= 11 is 0. The van der Waals surface area contributed by atoms with E-state index < -0.39 is 17.9 Å². The second-order valence-electron chi connectivity index (χ2n) is 7.93. The van der Waals surface area contributed by atoms with Crippen molar-refractivity contribution in [1.82, 2.24) is 10.3 Å². The van der Waals surface area contributed by atoms with Gasteiger partial charge in [0.05, 0.1) is 19.8 Å². The Balaban J connectivity index is 1.76. The van der Waals surface area contributed by atoms with Crippen LogP contribution in [0.3, 0.4) is 0 Å². The molecule has 1 aliphatic heterocycles. The number of nitrogens with zero attached hydrogens (tertiary/aromatic N) is 2. The number of rotatable bonds is 9. The topological polar surface area (TPSA) is 107 Å². The van der Waals surface area contributed by atoms with Crippen molar-refractivity contribution in [2.24, 2.45) is 17.6 Å². The SMILES string of the molecule is CC(C)CC(NC(=O)c1ccc(N2CCOCC2)c(OCC2CC2)n1)C(N)=O. The summed E-state index contributed by atoms with van der Waals surface area (Å²) in [6.45, 7) is 7.37. The molecule has 1 aliphatic carbocycles. The van der Waals surface area contributed by atoms with Gasteiger partial charge in [-0.1, -0.05) is 13.8 Å². The molecule has 0 bridgehead atoms. The van der Waals surface area contributed by atoms with Crippen LogP contribution >= 0.6 is 0 Å². The van der Waals surface area contributed by atoms with E-state index in [0.717, 1.165) is 18.8 Å². The van der Waals surface area contributed by atoms with Gasteiger partial charge in [0.2, 0.25) is 11.8 Å². The summed E-state index contributed by atoms with van der Waals surface area (Å²) in [6.07, 6.45) is 2.82. The number of pyridine rings is 1. The smallest absolute Gasteiger partial charge is 0.270 e. The summed E-state index contributed by atoms with van der Waals surface area (Å²) in [6, 6.07) is 2.80. The normalized spacial score (nSPS) is 18.0. The van der Waals surface area contributed by atoms with Gasteiger partial charge in [-0.2, -0.15) is 0 Å². The van der Waals surface area contributed by atoms with Gasteiger partial charge >= 0.3 is 0 Å². The van der Waals surface area contributed by atoms with Gasteiger partial charge in [0.1, 0.15) is 17.4 Å². The number of aromatic nitrogens is 1. The lowest BCUT2D eigenvalue weighted by atomic mass is 10.0. The van der Waals surface area contributed by atoms with E-state index in [1.54, 1.807) is 6.07 Å². The Hall–Kier alpha value is -2.35. The molecule has 2 aliphatic rings. The van der Waals surface area contributed by atoms with Gasteiger partial charge in [-0.25, -0.2) is 4.98 Å². The molecular formula is C20H30N4O4. The molecule has 0 spiro atoms. The van der Waals surface area contributed by atoms with Crippen LogP contribution in [0.2, 0.25) is 0 Å². The van der Waals surface area contributed by atoms with Crippen molar-refractivity contribution in [3.8, 4) is 5.88 Å². The highest BCUT2D eigenvalue weighted by molar-refractivity contribution is 5.96. The van der Waals surface area contributed by atoms with Crippen molar-refractivity contribution in [2.75, 3.05) is 37.8 Å². The summed E-state index contributed by atoms with van der Waals surface area (Å²) in [5.74, 6) is 0.293. The van der Waals surface area contributed by atoms with Gasteiger partial charge in [0.15, 0.2) is 0 Å². The Morgan fingerprint density at radius 2 is 2.04 bits per heavy atom. The quantitative estimate of drug-likeness (QED) is 0.659. The maximum Gasteiger partial charge on any atom is 0.270 e. The number of primary amides is 1. The van der Waals surface area contributed by atoms with E-state index in [-0.39, 0.29) is 11.6 Å². The number of hydrogen-bond acceptors (Lipinski definition) is 6. The number of carbonyl (C=O) groups is 2. The van der Waals surface area contributed by atoms with Crippen LogP contribution in [0.15, 0.2) is 12.1 Å². The summed E-state index contributed by atoms with van der Waals surface area (Å²) < 4.78 is 11.4. The number of amides is 2. The molecule has 1 aromatic heterocycles. The maximum atomic E-state index is 12.7. The lowest BCUT2D eigenvalue weighted by molar-refractivity contribution is -0.120. The molecule has 2 amide bonds. The lowest BCUT2D eigenvalue weighted by Gasteiger charge is -2.30. The highest BCUT2D eigenvalue weighted by Gasteiger charge is 2.26. The molecule has 0 radical (unpaired) electrons. The standard InChI is InChI=1S/C20H30N4O4/c1-13(2)11-16(18(21)25)22-19(26)15-5-6-17(24-7-9-27-10-8-24)20(23-15)28-12-14-3-4-14/h5-6,13-14,16H,3-4,7-12H2,1-2H3,(H2,21,25)(H,22,26). The molecule has 154 valence electrons. The Morgan fingerprint density at radius 3 is 2.64 bits per heavy atom. The largest absolute Gasteiger partial charge is 0.476 e. The molecule has 2 fully saturated rings. The maximum absolute atomic E-state index is 12.7. The van der Waals surface area contributed by atoms with Gasteiger partial charge in [-0.05, 0) is 43.2 Å². The van der Waals surface area contributed by atoms with Crippen LogP contribution in [0, 0.1) is 11.8 Å². The highest BCUT2D eigenvalue weighted by Crippen LogP contribution is 2.32. The second-order valence-corrected chi connectivity index (χ2v) is 7.93. The molecule has 1 aromatic rings. The van der Waals surface area contributed by atoms with Crippen molar-refractivity contribution in [1.29, 1.82) is 0 Å². The fourth-order valence-corrected chi connectivity index (χ4v) is 3.14. The zero-order chi connectivity index (χ0) is 20.1. The molecule has 1 atom stereocenters. The Bertz CT molecular complexity index is 699. The predicted octanol–water partition coefficient (Wildman–Crippen LogP) is 1.34. The number of nitrogens with two attached hydrogens (primary N) is 1. The zero-order valence-corrected chi connectivity index (χ0v) is 16.6. The first-order valence-electron chi connectivity index (χ1n) is 10.0. The van der Waals surface area contributed by atoms with Gasteiger partial charge < -0.3 is 25.4 Å². The number of nitrogens with one attached hydrogen (secondary N) is 1. The molecular weight excluding hydrogens is 360 g/mol. The molecule has 1 saturated heterocycles. The zero-order valence-electron chi connectivity index (χ0n) is 16.6. The van der Waals surface area contributed by atoms with Crippen LogP contribution in [-0.2, 0) is 9.53 Å². The van der Waals surface area contributed by atoms with Crippen molar-refractivity contribution >= 4 is 17.5 Å². The van der Waals surface area contributed by atoms with E-state index in [4.69, 9.17) is 15.2 Å². The molecule has 8 heteroatoms. The minimum Gasteiger partial charge on any atom is -0.476 e. The van der Waals surface area contributed by atoms with E-state index in [0.29, 0.717) is 38.0 Å². The summed E-state index contributed by atoms with van der Waals surface area (Å²) in [4.78, 5) is 30.9. The first-order chi connectivity index (χ1) is 13.4. The Morgan fingerprint density at radius 1 is 1.32 bits per heavy atom. The fourth-order valence-electron chi connectivity index (χ4n) is 3.14. The molecule has 8 nitrogen and oxygen atoms in total. The molecule has 2 heterocycles. The predicted molar refractivity (Wildman–Crippen MR) is 105 cm³/mol. The average molecular weight is 390 g/mol. The van der Waals surface area contributed by atoms with Crippen LogP contribution in [0.25, 0.3) is 0 Å². The summed E-state index contributed by atoms with van der Waals surface area (Å²) in [5.41, 5.74) is 6.52. The third-order valence-electron chi connectivity index (χ3n) is 4.93. The molecule has 0 aromatic carbocycles. The fraction of sp³-hybridized carbons (Fsp3) is 0.650. The Labute approximate surface area is 165 Å². The van der Waals surface area contributed by atoms with Crippen LogP contribution < -0.4 is 20.7 Å². The minimum absolute atomic E-state index is 0.220. The van der Waals surface area contributed by atoms with Gasteiger partial charge in [0, 0.05) is 13.1 Å². The number of anilines is 1. The average Bonchev–Trinajstić information content (AvgIpc) is 3.50. The minimum atomic E-state index is -0.718. The molecule has 28 heavy (non-hydrogen) atoms. The molecule has 1 saturated carbocycles. The lowest BCUT2D eigenvalue weighted by Crippen LogP contribution is -2.45. The van der Waals surface area contributed by atoms with E-state index in [9.17, 15) is 9.59 Å². The van der Waals surface area contributed by atoms with E-state index in [2.05, 4.69) is 15.2 Å². The highest BCUT2D eigenvalue weighted by atomic mass is 16.5. The number of carbonyl (C=O) groups excluding carboxylic acids is 2.